The van der Waals surface area contributed by atoms with E-state index in [2.05, 4.69) is 13.8 Å². The number of benzene rings is 2. The minimum absolute atomic E-state index is 0.0522. The largest absolute Gasteiger partial charge is 0.455 e. The van der Waals surface area contributed by atoms with Crippen molar-refractivity contribution in [3.05, 3.63) is 58.7 Å². The van der Waals surface area contributed by atoms with Crippen LogP contribution in [0.5, 0.6) is 11.5 Å². The number of fused-ring (bicyclic) bond motifs is 2. The molecule has 2 aromatic rings. The van der Waals surface area contributed by atoms with Crippen LogP contribution in [0.25, 0.3) is 0 Å². The summed E-state index contributed by atoms with van der Waals surface area (Å²) in [6, 6.07) is 11.5. The maximum absolute atomic E-state index is 13.2. The third-order valence-electron chi connectivity index (χ3n) is 6.14. The highest BCUT2D eigenvalue weighted by Gasteiger charge is 2.39. The van der Waals surface area contributed by atoms with Crippen molar-refractivity contribution in [1.29, 1.82) is 0 Å². The normalized spacial score (nSPS) is 13.7. The van der Waals surface area contributed by atoms with Crippen LogP contribution in [0.3, 0.4) is 0 Å². The van der Waals surface area contributed by atoms with Crippen molar-refractivity contribution in [3.8, 4) is 11.5 Å². The van der Waals surface area contributed by atoms with E-state index in [9.17, 15) is 9.59 Å². The van der Waals surface area contributed by atoms with Crippen molar-refractivity contribution in [3.63, 3.8) is 0 Å². The van der Waals surface area contributed by atoms with Crippen LogP contribution in [0.1, 0.15) is 73.4 Å². The number of carbonyl (C=O) groups excluding carboxylic acids is 2. The highest BCUT2D eigenvalue weighted by molar-refractivity contribution is 6.00. The number of amides is 2. The smallest absolute Gasteiger partial charge is 0.257 e. The number of rotatable bonds is 6. The Balaban J connectivity index is 2.19. The van der Waals surface area contributed by atoms with E-state index < -0.39 is 5.41 Å². The number of ether oxygens (including phenoxy) is 1. The van der Waals surface area contributed by atoms with Crippen molar-refractivity contribution in [1.82, 2.24) is 9.80 Å². The molecule has 0 aliphatic carbocycles. The molecule has 160 valence electrons. The molecule has 0 unspecified atom stereocenters. The van der Waals surface area contributed by atoms with Crippen LogP contribution in [0.15, 0.2) is 36.4 Å². The van der Waals surface area contributed by atoms with Crippen molar-refractivity contribution in [2.45, 2.75) is 47.0 Å². The third-order valence-corrected chi connectivity index (χ3v) is 6.14. The zero-order chi connectivity index (χ0) is 22.1. The van der Waals surface area contributed by atoms with Crippen LogP contribution in [0, 0.1) is 0 Å². The summed E-state index contributed by atoms with van der Waals surface area (Å²) in [5, 5.41) is 0. The summed E-state index contributed by atoms with van der Waals surface area (Å²) in [6.45, 7) is 14.6. The SMILES string of the molecule is CCN(CC)C(=O)c1cccc2c1Oc1c(C(=O)N(CC)CC)cccc1C2(C)C. The van der Waals surface area contributed by atoms with Gasteiger partial charge < -0.3 is 14.5 Å². The van der Waals surface area contributed by atoms with Crippen molar-refractivity contribution >= 4 is 11.8 Å². The first-order valence-electron chi connectivity index (χ1n) is 10.8. The highest BCUT2D eigenvalue weighted by atomic mass is 16.5. The van der Waals surface area contributed by atoms with Gasteiger partial charge in [-0.05, 0) is 39.8 Å². The lowest BCUT2D eigenvalue weighted by Crippen LogP contribution is -2.34. The highest BCUT2D eigenvalue weighted by Crippen LogP contribution is 2.50. The average Bonchev–Trinajstić information content (AvgIpc) is 2.74. The first-order chi connectivity index (χ1) is 14.3. The molecule has 0 bridgehead atoms. The second-order valence-electron chi connectivity index (χ2n) is 8.05. The Kier molecular flexibility index (Phi) is 6.20. The maximum atomic E-state index is 13.2. The van der Waals surface area contributed by atoms with Gasteiger partial charge in [0.2, 0.25) is 0 Å². The molecule has 5 nitrogen and oxygen atoms in total. The second-order valence-corrected chi connectivity index (χ2v) is 8.05. The molecular weight excluding hydrogens is 376 g/mol. The van der Waals surface area contributed by atoms with E-state index in [0.717, 1.165) is 11.1 Å². The lowest BCUT2D eigenvalue weighted by molar-refractivity contribution is 0.0766. The minimum atomic E-state index is -0.401. The molecule has 0 radical (unpaired) electrons. The van der Waals surface area contributed by atoms with Gasteiger partial charge in [0.05, 0.1) is 11.1 Å². The van der Waals surface area contributed by atoms with Gasteiger partial charge in [-0.2, -0.15) is 0 Å². The summed E-state index contributed by atoms with van der Waals surface area (Å²) in [5.41, 5.74) is 2.60. The Morgan fingerprint density at radius 2 is 1.10 bits per heavy atom. The third kappa shape index (κ3) is 3.47. The zero-order valence-electron chi connectivity index (χ0n) is 18.9. The van der Waals surface area contributed by atoms with Gasteiger partial charge in [0, 0.05) is 42.7 Å². The van der Waals surface area contributed by atoms with Crippen molar-refractivity contribution < 1.29 is 14.3 Å². The van der Waals surface area contributed by atoms with E-state index in [4.69, 9.17) is 4.74 Å². The fourth-order valence-electron chi connectivity index (χ4n) is 4.22. The number of para-hydroxylation sites is 2. The van der Waals surface area contributed by atoms with Gasteiger partial charge in [-0.15, -0.1) is 0 Å². The fourth-order valence-corrected chi connectivity index (χ4v) is 4.22. The van der Waals surface area contributed by atoms with E-state index in [1.54, 1.807) is 9.80 Å². The van der Waals surface area contributed by atoms with Gasteiger partial charge in [0.1, 0.15) is 11.5 Å². The predicted octanol–water partition coefficient (Wildman–Crippen LogP) is 5.08. The minimum Gasteiger partial charge on any atom is -0.455 e. The Labute approximate surface area is 179 Å². The molecule has 3 rings (SSSR count). The molecular formula is C25H32N2O3. The van der Waals surface area contributed by atoms with Crippen LogP contribution in [-0.2, 0) is 5.41 Å². The van der Waals surface area contributed by atoms with Crippen molar-refractivity contribution in [2.75, 3.05) is 26.2 Å². The summed E-state index contributed by atoms with van der Waals surface area (Å²) in [5.74, 6) is 1.02. The molecule has 0 saturated carbocycles. The van der Waals surface area contributed by atoms with Gasteiger partial charge in [-0.25, -0.2) is 0 Å². The van der Waals surface area contributed by atoms with Crippen LogP contribution in [0.4, 0.5) is 0 Å². The van der Waals surface area contributed by atoms with Crippen LogP contribution in [-0.4, -0.2) is 47.8 Å². The molecule has 1 aliphatic rings. The molecule has 0 N–H and O–H groups in total. The maximum Gasteiger partial charge on any atom is 0.257 e. The first-order valence-corrected chi connectivity index (χ1v) is 10.8. The average molecular weight is 409 g/mol. The predicted molar refractivity (Wildman–Crippen MR) is 120 cm³/mol. The van der Waals surface area contributed by atoms with Gasteiger partial charge in [-0.3, -0.25) is 9.59 Å². The van der Waals surface area contributed by atoms with Gasteiger partial charge >= 0.3 is 0 Å². The van der Waals surface area contributed by atoms with Crippen LogP contribution >= 0.6 is 0 Å². The van der Waals surface area contributed by atoms with Gasteiger partial charge in [0.25, 0.3) is 11.8 Å². The van der Waals surface area contributed by atoms with Crippen LogP contribution < -0.4 is 4.74 Å². The molecule has 0 spiro atoms. The number of hydrogen-bond acceptors (Lipinski definition) is 3. The molecule has 0 saturated heterocycles. The number of carbonyl (C=O) groups is 2. The van der Waals surface area contributed by atoms with Crippen molar-refractivity contribution in [2.24, 2.45) is 0 Å². The van der Waals surface area contributed by atoms with E-state index in [1.807, 2.05) is 64.1 Å². The molecule has 30 heavy (non-hydrogen) atoms. The van der Waals surface area contributed by atoms with Crippen LogP contribution in [0.2, 0.25) is 0 Å². The summed E-state index contributed by atoms with van der Waals surface area (Å²) < 4.78 is 6.40. The van der Waals surface area contributed by atoms with Gasteiger partial charge in [-0.1, -0.05) is 38.1 Å². The van der Waals surface area contributed by atoms with E-state index in [-0.39, 0.29) is 11.8 Å². The van der Waals surface area contributed by atoms with Gasteiger partial charge in [0.15, 0.2) is 0 Å². The monoisotopic (exact) mass is 408 g/mol. The summed E-state index contributed by atoms with van der Waals surface area (Å²) in [7, 11) is 0. The molecule has 2 aromatic carbocycles. The lowest BCUT2D eigenvalue weighted by Gasteiger charge is -2.37. The quantitative estimate of drug-likeness (QED) is 0.670. The zero-order valence-corrected chi connectivity index (χ0v) is 18.9. The fraction of sp³-hybridized carbons (Fsp3) is 0.440. The lowest BCUT2D eigenvalue weighted by atomic mass is 9.74. The Bertz CT molecular complexity index is 881. The second kappa shape index (κ2) is 8.50. The Morgan fingerprint density at radius 1 is 0.733 bits per heavy atom. The number of hydrogen-bond donors (Lipinski definition) is 0. The molecule has 0 fully saturated rings. The number of nitrogens with zero attached hydrogens (tertiary/aromatic N) is 2. The van der Waals surface area contributed by atoms with E-state index in [0.29, 0.717) is 48.8 Å². The Hall–Kier alpha value is -2.82. The summed E-state index contributed by atoms with van der Waals surface area (Å²) in [4.78, 5) is 30.0. The molecule has 0 aromatic heterocycles. The molecule has 5 heteroatoms. The topological polar surface area (TPSA) is 49.9 Å². The summed E-state index contributed by atoms with van der Waals surface area (Å²) in [6.07, 6.45) is 0. The molecule has 1 heterocycles. The molecule has 1 aliphatic heterocycles. The standard InChI is InChI=1S/C25H32N2O3/c1-7-26(8-2)23(28)17-13-11-15-19-21(17)30-22-18(24(29)27(9-3)10-4)14-12-16-20(22)25(19,5)6/h11-16H,7-10H2,1-6H3. The molecule has 0 atom stereocenters. The Morgan fingerprint density at radius 3 is 1.43 bits per heavy atom. The molecule has 2 amide bonds. The summed E-state index contributed by atoms with van der Waals surface area (Å²) >= 11 is 0. The first kappa shape index (κ1) is 21.9. The van der Waals surface area contributed by atoms with E-state index >= 15 is 0 Å². The van der Waals surface area contributed by atoms with E-state index in [1.165, 1.54) is 0 Å².